The molecule has 6 heteroatoms. The van der Waals surface area contributed by atoms with Gasteiger partial charge >= 0.3 is 0 Å². The number of hydrogen-bond donors (Lipinski definition) is 1. The van der Waals surface area contributed by atoms with Gasteiger partial charge in [-0.25, -0.2) is 0 Å². The van der Waals surface area contributed by atoms with Crippen molar-refractivity contribution in [1.29, 1.82) is 0 Å². The predicted molar refractivity (Wildman–Crippen MR) is 110 cm³/mol. The van der Waals surface area contributed by atoms with E-state index in [4.69, 9.17) is 16.3 Å². The number of likely N-dealkylation sites (N-methyl/N-ethyl adjacent to an activating group) is 1. The first-order valence-electron chi connectivity index (χ1n) is 9.28. The van der Waals surface area contributed by atoms with E-state index < -0.39 is 0 Å². The van der Waals surface area contributed by atoms with Crippen molar-refractivity contribution >= 4 is 23.2 Å². The van der Waals surface area contributed by atoms with Gasteiger partial charge in [0.05, 0.1) is 0 Å². The Morgan fingerprint density at radius 2 is 1.70 bits per heavy atom. The molecule has 0 saturated carbocycles. The van der Waals surface area contributed by atoms with Gasteiger partial charge in [-0.05, 0) is 55.4 Å². The first-order valence-corrected chi connectivity index (χ1v) is 9.65. The van der Waals surface area contributed by atoms with Gasteiger partial charge in [0, 0.05) is 43.4 Å². The number of nitrogens with one attached hydrogen (secondary N) is 1. The average molecular weight is 388 g/mol. The van der Waals surface area contributed by atoms with E-state index >= 15 is 0 Å². The van der Waals surface area contributed by atoms with Crippen LogP contribution in [0.4, 0.5) is 5.69 Å². The molecule has 2 aromatic rings. The van der Waals surface area contributed by atoms with Crippen molar-refractivity contribution in [3.63, 3.8) is 0 Å². The van der Waals surface area contributed by atoms with Crippen LogP contribution in [0.3, 0.4) is 0 Å². The summed E-state index contributed by atoms with van der Waals surface area (Å²) in [6.07, 6.45) is 0.801. The van der Waals surface area contributed by atoms with Crippen LogP contribution in [0.5, 0.6) is 5.75 Å². The largest absolute Gasteiger partial charge is 0.484 e. The van der Waals surface area contributed by atoms with E-state index in [9.17, 15) is 4.79 Å². The maximum atomic E-state index is 11.9. The van der Waals surface area contributed by atoms with E-state index in [1.54, 1.807) is 24.3 Å². The van der Waals surface area contributed by atoms with Crippen molar-refractivity contribution in [2.24, 2.45) is 0 Å². The zero-order valence-electron chi connectivity index (χ0n) is 15.7. The Morgan fingerprint density at radius 1 is 1.04 bits per heavy atom. The van der Waals surface area contributed by atoms with Gasteiger partial charge in [0.1, 0.15) is 5.75 Å². The fourth-order valence-electron chi connectivity index (χ4n) is 3.02. The van der Waals surface area contributed by atoms with Gasteiger partial charge < -0.3 is 19.9 Å². The molecule has 0 radical (unpaired) electrons. The molecule has 1 saturated heterocycles. The summed E-state index contributed by atoms with van der Waals surface area (Å²) in [5.41, 5.74) is 2.49. The number of benzene rings is 2. The summed E-state index contributed by atoms with van der Waals surface area (Å²) in [4.78, 5) is 16.7. The molecule has 5 nitrogen and oxygen atoms in total. The van der Waals surface area contributed by atoms with Crippen molar-refractivity contribution in [2.45, 2.75) is 6.42 Å². The van der Waals surface area contributed by atoms with Crippen molar-refractivity contribution in [3.05, 3.63) is 59.1 Å². The van der Waals surface area contributed by atoms with Gasteiger partial charge in [-0.15, -0.1) is 0 Å². The molecular formula is C21H26ClN3O2. The molecule has 3 rings (SSSR count). The molecule has 0 bridgehead atoms. The Bertz CT molecular complexity index is 726. The number of piperazine rings is 1. The lowest BCUT2D eigenvalue weighted by atomic mass is 10.1. The van der Waals surface area contributed by atoms with Gasteiger partial charge in [0.25, 0.3) is 5.91 Å². The molecule has 27 heavy (non-hydrogen) atoms. The van der Waals surface area contributed by atoms with E-state index in [1.807, 2.05) is 0 Å². The van der Waals surface area contributed by atoms with Crippen LogP contribution in [0.25, 0.3) is 0 Å². The quantitative estimate of drug-likeness (QED) is 0.793. The van der Waals surface area contributed by atoms with E-state index in [0.29, 0.717) is 17.3 Å². The molecule has 1 fully saturated rings. The van der Waals surface area contributed by atoms with Crippen LogP contribution in [0.15, 0.2) is 48.5 Å². The summed E-state index contributed by atoms with van der Waals surface area (Å²) >= 11 is 5.82. The van der Waals surface area contributed by atoms with Gasteiger partial charge in [-0.2, -0.15) is 0 Å². The molecule has 1 aliphatic rings. The van der Waals surface area contributed by atoms with E-state index in [-0.39, 0.29) is 12.5 Å². The standard InChI is InChI=1S/C21H26ClN3O2/c1-24-12-14-25(15-13-24)19-6-2-17(3-7-19)10-11-23-21(26)16-27-20-8-4-18(22)5-9-20/h2-9H,10-16H2,1H3,(H,23,26). The molecule has 0 aliphatic carbocycles. The third-order valence-electron chi connectivity index (χ3n) is 4.72. The van der Waals surface area contributed by atoms with Crippen molar-refractivity contribution < 1.29 is 9.53 Å². The first-order chi connectivity index (χ1) is 13.1. The summed E-state index contributed by atoms with van der Waals surface area (Å²) in [5, 5.41) is 3.53. The number of nitrogens with zero attached hydrogens (tertiary/aromatic N) is 2. The van der Waals surface area contributed by atoms with Crippen molar-refractivity contribution in [3.8, 4) is 5.75 Å². The van der Waals surface area contributed by atoms with Crippen LogP contribution in [0.1, 0.15) is 5.56 Å². The number of ether oxygens (including phenoxy) is 1. The molecule has 2 aromatic carbocycles. The number of rotatable bonds is 7. The highest BCUT2D eigenvalue weighted by Gasteiger charge is 2.13. The normalized spacial score (nSPS) is 14.8. The molecule has 0 spiro atoms. The summed E-state index contributed by atoms with van der Waals surface area (Å²) in [5.74, 6) is 0.507. The van der Waals surface area contributed by atoms with Gasteiger partial charge in [-0.1, -0.05) is 23.7 Å². The van der Waals surface area contributed by atoms with Gasteiger partial charge in [-0.3, -0.25) is 4.79 Å². The minimum atomic E-state index is -0.126. The zero-order chi connectivity index (χ0) is 19.1. The molecule has 1 aliphatic heterocycles. The number of carbonyl (C=O) groups excluding carboxylic acids is 1. The predicted octanol–water partition coefficient (Wildman–Crippen LogP) is 2.83. The highest BCUT2D eigenvalue weighted by Crippen LogP contribution is 2.17. The Morgan fingerprint density at radius 3 is 2.37 bits per heavy atom. The molecule has 0 unspecified atom stereocenters. The second-order valence-corrected chi connectivity index (χ2v) is 7.24. The average Bonchev–Trinajstić information content (AvgIpc) is 2.69. The number of carbonyl (C=O) groups is 1. The van der Waals surface area contributed by atoms with Crippen LogP contribution in [-0.2, 0) is 11.2 Å². The SMILES string of the molecule is CN1CCN(c2ccc(CCNC(=O)COc3ccc(Cl)cc3)cc2)CC1. The zero-order valence-corrected chi connectivity index (χ0v) is 16.4. The molecule has 0 atom stereocenters. The highest BCUT2D eigenvalue weighted by molar-refractivity contribution is 6.30. The lowest BCUT2D eigenvalue weighted by Crippen LogP contribution is -2.44. The van der Waals surface area contributed by atoms with Crippen LogP contribution in [0, 0.1) is 0 Å². The summed E-state index contributed by atoms with van der Waals surface area (Å²) in [6, 6.07) is 15.6. The van der Waals surface area contributed by atoms with Crippen LogP contribution >= 0.6 is 11.6 Å². The van der Waals surface area contributed by atoms with Gasteiger partial charge in [0.15, 0.2) is 6.61 Å². The number of anilines is 1. The number of amides is 1. The maximum absolute atomic E-state index is 11.9. The smallest absolute Gasteiger partial charge is 0.257 e. The minimum absolute atomic E-state index is 0.00394. The number of halogens is 1. The lowest BCUT2D eigenvalue weighted by Gasteiger charge is -2.34. The fourth-order valence-corrected chi connectivity index (χ4v) is 3.14. The molecule has 1 N–H and O–H groups in total. The van der Waals surface area contributed by atoms with E-state index in [1.165, 1.54) is 11.3 Å². The van der Waals surface area contributed by atoms with E-state index in [0.717, 1.165) is 32.6 Å². The van der Waals surface area contributed by atoms with Crippen LogP contribution in [-0.4, -0.2) is 57.2 Å². The Labute approximate surface area is 165 Å². The second-order valence-electron chi connectivity index (χ2n) is 6.80. The van der Waals surface area contributed by atoms with Gasteiger partial charge in [0.2, 0.25) is 0 Å². The highest BCUT2D eigenvalue weighted by atomic mass is 35.5. The monoisotopic (exact) mass is 387 g/mol. The van der Waals surface area contributed by atoms with Crippen molar-refractivity contribution in [2.75, 3.05) is 51.3 Å². The van der Waals surface area contributed by atoms with Crippen LogP contribution < -0.4 is 15.0 Å². The molecule has 0 aromatic heterocycles. The fraction of sp³-hybridized carbons (Fsp3) is 0.381. The first kappa shape index (κ1) is 19.5. The van der Waals surface area contributed by atoms with Crippen molar-refractivity contribution in [1.82, 2.24) is 10.2 Å². The van der Waals surface area contributed by atoms with Crippen LogP contribution in [0.2, 0.25) is 5.02 Å². The third kappa shape index (κ3) is 6.15. The van der Waals surface area contributed by atoms with E-state index in [2.05, 4.69) is 46.4 Å². The minimum Gasteiger partial charge on any atom is -0.484 e. The molecular weight excluding hydrogens is 362 g/mol. The summed E-state index contributed by atoms with van der Waals surface area (Å²) in [6.45, 7) is 4.94. The summed E-state index contributed by atoms with van der Waals surface area (Å²) < 4.78 is 5.44. The summed E-state index contributed by atoms with van der Waals surface area (Å²) in [7, 11) is 2.16. The topological polar surface area (TPSA) is 44.8 Å². The Kier molecular flexibility index (Phi) is 6.96. The molecule has 1 amide bonds. The number of hydrogen-bond acceptors (Lipinski definition) is 4. The molecule has 144 valence electrons. The lowest BCUT2D eigenvalue weighted by molar-refractivity contribution is -0.123. The Hall–Kier alpha value is -2.24. The maximum Gasteiger partial charge on any atom is 0.257 e. The Balaban J connectivity index is 1.37. The second kappa shape index (κ2) is 9.62. The molecule has 1 heterocycles. The third-order valence-corrected chi connectivity index (χ3v) is 4.98.